The fourth-order valence-corrected chi connectivity index (χ4v) is 2.22. The second-order valence-corrected chi connectivity index (χ2v) is 4.82. The highest BCUT2D eigenvalue weighted by Crippen LogP contribution is 2.19. The van der Waals surface area contributed by atoms with Crippen molar-refractivity contribution < 1.29 is 9.90 Å². The Bertz CT molecular complexity index is 599. The maximum absolute atomic E-state index is 12.0. The summed E-state index contributed by atoms with van der Waals surface area (Å²) in [6, 6.07) is 5.84. The second-order valence-electron chi connectivity index (χ2n) is 4.82. The molecule has 0 bridgehead atoms. The number of rotatable bonds is 2. The van der Waals surface area contributed by atoms with Crippen molar-refractivity contribution in [3.05, 3.63) is 35.8 Å². The molecule has 94 valence electrons. The molecule has 1 fully saturated rings. The average Bonchev–Trinajstić information content (AvgIpc) is 2.72. The largest absolute Gasteiger partial charge is 0.393 e. The van der Waals surface area contributed by atoms with Crippen LogP contribution >= 0.6 is 0 Å². The van der Waals surface area contributed by atoms with E-state index >= 15 is 0 Å². The number of nitrogens with one attached hydrogen (secondary N) is 1. The van der Waals surface area contributed by atoms with Gasteiger partial charge in [-0.1, -0.05) is 6.07 Å². The number of imidazole rings is 1. The van der Waals surface area contributed by atoms with Gasteiger partial charge in [0.05, 0.1) is 6.10 Å². The van der Waals surface area contributed by atoms with E-state index in [1.165, 1.54) is 0 Å². The van der Waals surface area contributed by atoms with Crippen molar-refractivity contribution in [3.63, 3.8) is 0 Å². The molecule has 0 aromatic carbocycles. The number of amides is 1. The van der Waals surface area contributed by atoms with E-state index in [1.807, 2.05) is 29.5 Å². The minimum absolute atomic E-state index is 0.0819. The summed E-state index contributed by atoms with van der Waals surface area (Å²) in [4.78, 5) is 16.3. The number of fused-ring (bicyclic) bond motifs is 1. The molecule has 18 heavy (non-hydrogen) atoms. The fraction of sp³-hybridized carbons (Fsp3) is 0.385. The molecule has 0 aliphatic heterocycles. The van der Waals surface area contributed by atoms with Gasteiger partial charge in [-0.2, -0.15) is 0 Å². The molecule has 5 heteroatoms. The third-order valence-corrected chi connectivity index (χ3v) is 3.38. The van der Waals surface area contributed by atoms with Crippen LogP contribution in [0.25, 0.3) is 5.65 Å². The first-order valence-corrected chi connectivity index (χ1v) is 6.07. The van der Waals surface area contributed by atoms with Gasteiger partial charge in [0, 0.05) is 17.9 Å². The van der Waals surface area contributed by atoms with Gasteiger partial charge in [-0.05, 0) is 31.9 Å². The molecule has 0 unspecified atom stereocenters. The minimum Gasteiger partial charge on any atom is -0.393 e. The van der Waals surface area contributed by atoms with E-state index in [1.54, 1.807) is 6.20 Å². The lowest BCUT2D eigenvalue weighted by atomic mass is 9.89. The van der Waals surface area contributed by atoms with Crippen molar-refractivity contribution in [2.75, 3.05) is 0 Å². The second kappa shape index (κ2) is 4.10. The van der Waals surface area contributed by atoms with Crippen molar-refractivity contribution in [2.45, 2.75) is 31.9 Å². The average molecular weight is 245 g/mol. The highest BCUT2D eigenvalue weighted by Gasteiger charge is 2.29. The van der Waals surface area contributed by atoms with Gasteiger partial charge >= 0.3 is 0 Å². The number of hydrogen-bond donors (Lipinski definition) is 2. The van der Waals surface area contributed by atoms with Crippen LogP contribution in [0.5, 0.6) is 0 Å². The van der Waals surface area contributed by atoms with Crippen LogP contribution in [0.4, 0.5) is 0 Å². The molecule has 0 radical (unpaired) electrons. The van der Waals surface area contributed by atoms with Crippen molar-refractivity contribution in [1.29, 1.82) is 0 Å². The van der Waals surface area contributed by atoms with Crippen LogP contribution in [-0.4, -0.2) is 32.5 Å². The predicted molar refractivity (Wildman–Crippen MR) is 66.4 cm³/mol. The summed E-state index contributed by atoms with van der Waals surface area (Å²) < 4.78 is 1.89. The Balaban J connectivity index is 1.81. The van der Waals surface area contributed by atoms with Crippen molar-refractivity contribution >= 4 is 11.6 Å². The Morgan fingerprint density at radius 1 is 1.50 bits per heavy atom. The molecule has 2 heterocycles. The highest BCUT2D eigenvalue weighted by molar-refractivity contribution is 5.93. The molecule has 1 aliphatic carbocycles. The van der Waals surface area contributed by atoms with E-state index in [4.69, 9.17) is 0 Å². The van der Waals surface area contributed by atoms with Crippen LogP contribution in [0, 0.1) is 6.92 Å². The first-order chi connectivity index (χ1) is 8.63. The SMILES string of the molecule is Cc1cccc2nc(C(=O)NC3CC(O)C3)cn12. The van der Waals surface area contributed by atoms with Crippen LogP contribution in [0.2, 0.25) is 0 Å². The van der Waals surface area contributed by atoms with Gasteiger partial charge in [0.1, 0.15) is 11.3 Å². The summed E-state index contributed by atoms with van der Waals surface area (Å²) in [6.45, 7) is 1.97. The van der Waals surface area contributed by atoms with Gasteiger partial charge in [-0.15, -0.1) is 0 Å². The van der Waals surface area contributed by atoms with E-state index in [0.29, 0.717) is 18.5 Å². The first-order valence-electron chi connectivity index (χ1n) is 6.07. The molecule has 0 atom stereocenters. The van der Waals surface area contributed by atoms with Crippen LogP contribution in [0.3, 0.4) is 0 Å². The van der Waals surface area contributed by atoms with Gasteiger partial charge in [0.15, 0.2) is 0 Å². The molecule has 2 aromatic rings. The number of aromatic nitrogens is 2. The molecule has 1 amide bonds. The van der Waals surface area contributed by atoms with E-state index in [0.717, 1.165) is 11.3 Å². The van der Waals surface area contributed by atoms with Gasteiger partial charge in [-0.3, -0.25) is 4.79 Å². The van der Waals surface area contributed by atoms with Crippen LogP contribution in [0.15, 0.2) is 24.4 Å². The van der Waals surface area contributed by atoms with Crippen molar-refractivity contribution in [2.24, 2.45) is 0 Å². The third-order valence-electron chi connectivity index (χ3n) is 3.38. The van der Waals surface area contributed by atoms with Crippen LogP contribution in [-0.2, 0) is 0 Å². The van der Waals surface area contributed by atoms with Gasteiger partial charge in [0.25, 0.3) is 5.91 Å². The Kier molecular flexibility index (Phi) is 2.56. The molecule has 1 aliphatic rings. The summed E-state index contributed by atoms with van der Waals surface area (Å²) in [5.41, 5.74) is 2.23. The molecule has 0 spiro atoms. The van der Waals surface area contributed by atoms with E-state index in [-0.39, 0.29) is 18.1 Å². The quantitative estimate of drug-likeness (QED) is 0.826. The first kappa shape index (κ1) is 11.2. The van der Waals surface area contributed by atoms with E-state index in [2.05, 4.69) is 10.3 Å². The lowest BCUT2D eigenvalue weighted by molar-refractivity contribution is 0.0561. The number of carbonyl (C=O) groups is 1. The lowest BCUT2D eigenvalue weighted by Gasteiger charge is -2.31. The summed E-state index contributed by atoms with van der Waals surface area (Å²) >= 11 is 0. The number of aryl methyl sites for hydroxylation is 1. The maximum Gasteiger partial charge on any atom is 0.271 e. The molecule has 2 N–H and O–H groups in total. The zero-order valence-electron chi connectivity index (χ0n) is 10.1. The third kappa shape index (κ3) is 1.86. The standard InChI is InChI=1S/C13H15N3O2/c1-8-3-2-4-12-15-11(7-16(8)12)13(18)14-9-5-10(17)6-9/h2-4,7,9-10,17H,5-6H2,1H3,(H,14,18). The molecule has 0 saturated heterocycles. The normalized spacial score (nSPS) is 22.8. The van der Waals surface area contributed by atoms with E-state index < -0.39 is 0 Å². The molecule has 3 rings (SSSR count). The van der Waals surface area contributed by atoms with E-state index in [9.17, 15) is 9.90 Å². The predicted octanol–water partition coefficient (Wildman–Crippen LogP) is 0.896. The number of pyridine rings is 1. The molecule has 1 saturated carbocycles. The lowest BCUT2D eigenvalue weighted by Crippen LogP contribution is -2.46. The smallest absolute Gasteiger partial charge is 0.271 e. The Morgan fingerprint density at radius 2 is 2.28 bits per heavy atom. The minimum atomic E-state index is -0.265. The molecular formula is C13H15N3O2. The van der Waals surface area contributed by atoms with Crippen LogP contribution in [0.1, 0.15) is 29.0 Å². The van der Waals surface area contributed by atoms with Crippen molar-refractivity contribution in [3.8, 4) is 0 Å². The van der Waals surface area contributed by atoms with Gasteiger partial charge in [-0.25, -0.2) is 4.98 Å². The number of nitrogens with zero attached hydrogens (tertiary/aromatic N) is 2. The fourth-order valence-electron chi connectivity index (χ4n) is 2.22. The Morgan fingerprint density at radius 3 is 2.94 bits per heavy atom. The molecule has 5 nitrogen and oxygen atoms in total. The van der Waals surface area contributed by atoms with Gasteiger partial charge in [0.2, 0.25) is 0 Å². The maximum atomic E-state index is 12.0. The number of carbonyl (C=O) groups excluding carboxylic acids is 1. The number of aliphatic hydroxyl groups is 1. The number of hydrogen-bond acceptors (Lipinski definition) is 3. The highest BCUT2D eigenvalue weighted by atomic mass is 16.3. The van der Waals surface area contributed by atoms with Crippen molar-refractivity contribution in [1.82, 2.24) is 14.7 Å². The Labute approximate surface area is 104 Å². The summed E-state index contributed by atoms with van der Waals surface area (Å²) in [7, 11) is 0. The van der Waals surface area contributed by atoms with Gasteiger partial charge < -0.3 is 14.8 Å². The topological polar surface area (TPSA) is 66.6 Å². The summed E-state index contributed by atoms with van der Waals surface area (Å²) in [5.74, 6) is -0.171. The zero-order valence-corrected chi connectivity index (χ0v) is 10.1. The summed E-state index contributed by atoms with van der Waals surface area (Å²) in [6.07, 6.45) is 2.75. The number of aliphatic hydroxyl groups excluding tert-OH is 1. The molecule has 2 aromatic heterocycles. The summed E-state index contributed by atoms with van der Waals surface area (Å²) in [5, 5.41) is 12.1. The molecular weight excluding hydrogens is 230 g/mol. The monoisotopic (exact) mass is 245 g/mol. The zero-order chi connectivity index (χ0) is 12.7. The Hall–Kier alpha value is -1.88. The van der Waals surface area contributed by atoms with Crippen LogP contribution < -0.4 is 5.32 Å².